The van der Waals surface area contributed by atoms with Gasteiger partial charge in [0.1, 0.15) is 0 Å². The van der Waals surface area contributed by atoms with E-state index < -0.39 is 0 Å². The number of aliphatic hydroxyl groups excluding tert-OH is 1. The van der Waals surface area contributed by atoms with Gasteiger partial charge in [-0.05, 0) is 96.5 Å². The molecule has 0 aliphatic heterocycles. The van der Waals surface area contributed by atoms with Gasteiger partial charge in [0.25, 0.3) is 0 Å². The lowest BCUT2D eigenvalue weighted by atomic mass is 9.47. The number of aliphatic hydroxyl groups is 1. The van der Waals surface area contributed by atoms with Crippen LogP contribution in [0.3, 0.4) is 0 Å². The first-order valence-corrected chi connectivity index (χ1v) is 14.3. The number of thiazole rings is 1. The monoisotopic (exact) mass is 476 g/mol. The first-order valence-electron chi connectivity index (χ1n) is 13.5. The summed E-state index contributed by atoms with van der Waals surface area (Å²) in [4.78, 5) is 6.50. The van der Waals surface area contributed by atoms with Crippen LogP contribution >= 0.6 is 11.3 Å². The van der Waals surface area contributed by atoms with E-state index in [1.54, 1.807) is 5.57 Å². The first-order chi connectivity index (χ1) is 16.4. The molecule has 7 atom stereocenters. The van der Waals surface area contributed by atoms with Gasteiger partial charge in [0.15, 0.2) is 5.13 Å². The van der Waals surface area contributed by atoms with Crippen molar-refractivity contribution in [1.82, 2.24) is 4.98 Å². The number of nitrogens with zero attached hydrogens (tertiary/aromatic N) is 1. The predicted octanol–water partition coefficient (Wildman–Crippen LogP) is 7.18. The Morgan fingerprint density at radius 2 is 1.94 bits per heavy atom. The van der Waals surface area contributed by atoms with Crippen LogP contribution < -0.4 is 5.32 Å². The SMILES string of the molecule is C[C@@H](CO)[C@H]1CC[C@H]2[C@@H]3CC=C4c5sc(NCc6ccccc6)nc5CC[C@]4(C)[C@H]3CC[C@]12C. The molecule has 4 aliphatic carbocycles. The molecule has 6 rings (SSSR count). The van der Waals surface area contributed by atoms with Crippen LogP contribution in [-0.4, -0.2) is 16.7 Å². The number of fused-ring (bicyclic) bond motifs is 7. The number of hydrogen-bond acceptors (Lipinski definition) is 4. The fraction of sp³-hybridized carbons (Fsp3) is 0.633. The molecule has 0 unspecified atom stereocenters. The third-order valence-electron chi connectivity index (χ3n) is 10.6. The maximum Gasteiger partial charge on any atom is 0.183 e. The maximum absolute atomic E-state index is 9.91. The summed E-state index contributed by atoms with van der Waals surface area (Å²) in [5.74, 6) is 3.57. The molecule has 182 valence electrons. The average Bonchev–Trinajstić information content (AvgIpc) is 3.43. The van der Waals surface area contributed by atoms with Crippen LogP contribution in [0, 0.1) is 40.4 Å². The average molecular weight is 477 g/mol. The molecule has 2 N–H and O–H groups in total. The van der Waals surface area contributed by atoms with Gasteiger partial charge in [0, 0.05) is 13.2 Å². The third-order valence-corrected chi connectivity index (χ3v) is 11.7. The zero-order chi connectivity index (χ0) is 23.5. The normalized spacial score (nSPS) is 37.1. The van der Waals surface area contributed by atoms with E-state index in [-0.39, 0.29) is 0 Å². The van der Waals surface area contributed by atoms with Crippen molar-refractivity contribution in [3.63, 3.8) is 0 Å². The minimum absolute atomic E-state index is 0.293. The topological polar surface area (TPSA) is 45.1 Å². The highest BCUT2D eigenvalue weighted by Gasteiger charge is 2.59. The molecule has 2 aromatic rings. The zero-order valence-electron chi connectivity index (χ0n) is 21.0. The number of allylic oxidation sites excluding steroid dienone is 2. The molecule has 34 heavy (non-hydrogen) atoms. The lowest BCUT2D eigenvalue weighted by molar-refractivity contribution is -0.0430. The van der Waals surface area contributed by atoms with Gasteiger partial charge in [-0.3, -0.25) is 0 Å². The largest absolute Gasteiger partial charge is 0.396 e. The Morgan fingerprint density at radius 1 is 1.12 bits per heavy atom. The van der Waals surface area contributed by atoms with E-state index >= 15 is 0 Å². The Bertz CT molecular complexity index is 1080. The van der Waals surface area contributed by atoms with Crippen LogP contribution in [0.1, 0.15) is 75.4 Å². The van der Waals surface area contributed by atoms with Crippen molar-refractivity contribution in [3.05, 3.63) is 52.5 Å². The van der Waals surface area contributed by atoms with Crippen LogP contribution in [0.15, 0.2) is 36.4 Å². The minimum Gasteiger partial charge on any atom is -0.396 e. The Labute approximate surface area is 209 Å². The minimum atomic E-state index is 0.293. The number of benzene rings is 1. The molecule has 2 saturated carbocycles. The Balaban J connectivity index is 1.26. The van der Waals surface area contributed by atoms with Crippen LogP contribution in [0.5, 0.6) is 0 Å². The molecule has 0 saturated heterocycles. The summed E-state index contributed by atoms with van der Waals surface area (Å²) >= 11 is 1.89. The summed E-state index contributed by atoms with van der Waals surface area (Å²) in [6, 6.07) is 10.6. The molecular weight excluding hydrogens is 436 g/mol. The summed E-state index contributed by atoms with van der Waals surface area (Å²) < 4.78 is 0. The quantitative estimate of drug-likeness (QED) is 0.480. The fourth-order valence-corrected chi connectivity index (χ4v) is 10.0. The molecule has 4 heteroatoms. The number of rotatable bonds is 5. The molecular formula is C30H40N2OS. The number of aromatic nitrogens is 1. The molecule has 1 heterocycles. The molecule has 0 spiro atoms. The van der Waals surface area contributed by atoms with Crippen molar-refractivity contribution >= 4 is 22.0 Å². The molecule has 0 amide bonds. The van der Waals surface area contributed by atoms with Crippen molar-refractivity contribution in [3.8, 4) is 0 Å². The highest BCUT2D eigenvalue weighted by atomic mass is 32.1. The summed E-state index contributed by atoms with van der Waals surface area (Å²) in [7, 11) is 0. The second-order valence-corrected chi connectivity index (χ2v) is 13.2. The summed E-state index contributed by atoms with van der Waals surface area (Å²) in [6.45, 7) is 8.62. The number of aryl methyl sites for hydroxylation is 1. The van der Waals surface area contributed by atoms with E-state index in [1.807, 2.05) is 11.3 Å². The second kappa shape index (κ2) is 8.48. The Hall–Kier alpha value is -1.65. The van der Waals surface area contributed by atoms with Crippen molar-refractivity contribution in [2.24, 2.45) is 40.4 Å². The van der Waals surface area contributed by atoms with Crippen molar-refractivity contribution in [2.75, 3.05) is 11.9 Å². The number of nitrogens with one attached hydrogen (secondary N) is 1. The standard InChI is InChI=1S/C30H40N2OS/c1-19(18-33)22-11-12-23-21-9-10-25-27-26(14-16-30(25,3)24(21)13-15-29(22,23)2)32-28(34-27)31-17-20-7-5-4-6-8-20/h4-8,10,19,21-24,33H,9,11-18H2,1-3H3,(H,31,32)/t19-,21-,22+,23-,24-,29+,30+/m0/s1. The van der Waals surface area contributed by atoms with Crippen molar-refractivity contribution < 1.29 is 5.11 Å². The molecule has 0 bridgehead atoms. The maximum atomic E-state index is 9.91. The Morgan fingerprint density at radius 3 is 2.74 bits per heavy atom. The van der Waals surface area contributed by atoms with E-state index in [0.29, 0.717) is 29.3 Å². The van der Waals surface area contributed by atoms with Gasteiger partial charge in [-0.1, -0.05) is 68.5 Å². The van der Waals surface area contributed by atoms with E-state index in [0.717, 1.165) is 35.9 Å². The number of anilines is 1. The van der Waals surface area contributed by atoms with Crippen LogP contribution in [0.2, 0.25) is 0 Å². The predicted molar refractivity (Wildman–Crippen MR) is 142 cm³/mol. The van der Waals surface area contributed by atoms with Crippen molar-refractivity contribution in [2.45, 2.75) is 72.3 Å². The summed E-state index contributed by atoms with van der Waals surface area (Å²) in [5.41, 5.74) is 4.95. The van der Waals surface area contributed by atoms with Crippen LogP contribution in [0.4, 0.5) is 5.13 Å². The molecule has 1 aromatic heterocycles. The highest BCUT2D eigenvalue weighted by molar-refractivity contribution is 7.16. The smallest absolute Gasteiger partial charge is 0.183 e. The van der Waals surface area contributed by atoms with E-state index in [9.17, 15) is 5.11 Å². The Kier molecular flexibility index (Phi) is 5.69. The number of hydrogen-bond donors (Lipinski definition) is 2. The van der Waals surface area contributed by atoms with Gasteiger partial charge < -0.3 is 10.4 Å². The molecule has 1 aromatic carbocycles. The highest BCUT2D eigenvalue weighted by Crippen LogP contribution is 2.68. The van der Waals surface area contributed by atoms with E-state index in [2.05, 4.69) is 62.5 Å². The van der Waals surface area contributed by atoms with Gasteiger partial charge >= 0.3 is 0 Å². The van der Waals surface area contributed by atoms with Gasteiger partial charge in [-0.15, -0.1) is 0 Å². The van der Waals surface area contributed by atoms with Gasteiger partial charge in [-0.2, -0.15) is 0 Å². The summed E-state index contributed by atoms with van der Waals surface area (Å²) in [5, 5.41) is 14.6. The van der Waals surface area contributed by atoms with Gasteiger partial charge in [0.2, 0.25) is 0 Å². The molecule has 3 nitrogen and oxygen atoms in total. The van der Waals surface area contributed by atoms with Crippen molar-refractivity contribution in [1.29, 1.82) is 0 Å². The zero-order valence-corrected chi connectivity index (χ0v) is 21.8. The molecule has 2 fully saturated rings. The van der Waals surface area contributed by atoms with Crippen LogP contribution in [0.25, 0.3) is 5.57 Å². The summed E-state index contributed by atoms with van der Waals surface area (Å²) in [6.07, 6.45) is 11.6. The van der Waals surface area contributed by atoms with E-state index in [1.165, 1.54) is 54.7 Å². The van der Waals surface area contributed by atoms with Gasteiger partial charge in [-0.25, -0.2) is 4.98 Å². The second-order valence-electron chi connectivity index (χ2n) is 12.2. The van der Waals surface area contributed by atoms with Gasteiger partial charge in [0.05, 0.1) is 10.6 Å². The van der Waals surface area contributed by atoms with E-state index in [4.69, 9.17) is 4.98 Å². The first kappa shape index (κ1) is 22.8. The van der Waals surface area contributed by atoms with Crippen LogP contribution in [-0.2, 0) is 13.0 Å². The lowest BCUT2D eigenvalue weighted by Crippen LogP contribution is -2.50. The molecule has 4 aliphatic rings. The fourth-order valence-electron chi connectivity index (χ4n) is 8.83. The third kappa shape index (κ3) is 3.43. The lowest BCUT2D eigenvalue weighted by Gasteiger charge is -2.57. The molecule has 0 radical (unpaired) electrons.